The van der Waals surface area contributed by atoms with Gasteiger partial charge in [-0.1, -0.05) is 47.0 Å². The van der Waals surface area contributed by atoms with Crippen molar-refractivity contribution >= 4 is 5.91 Å². The summed E-state index contributed by atoms with van der Waals surface area (Å²) in [5, 5.41) is 0. The maximum atomic E-state index is 12.9. The lowest BCUT2D eigenvalue weighted by molar-refractivity contribution is -0.141. The van der Waals surface area contributed by atoms with E-state index < -0.39 is 5.54 Å². The van der Waals surface area contributed by atoms with Gasteiger partial charge in [-0.15, -0.1) is 0 Å². The highest BCUT2D eigenvalue weighted by Crippen LogP contribution is 2.29. The van der Waals surface area contributed by atoms with Gasteiger partial charge in [-0.3, -0.25) is 4.79 Å². The van der Waals surface area contributed by atoms with Crippen molar-refractivity contribution in [1.29, 1.82) is 0 Å². The van der Waals surface area contributed by atoms with Crippen LogP contribution in [-0.4, -0.2) is 28.9 Å². The largest absolute Gasteiger partial charge is 0.338 e. The molecular formula is C16H32N2O. The summed E-state index contributed by atoms with van der Waals surface area (Å²) in [6, 6.07) is 0.345. The van der Waals surface area contributed by atoms with Crippen LogP contribution in [0.2, 0.25) is 0 Å². The molecule has 0 spiro atoms. The van der Waals surface area contributed by atoms with Crippen molar-refractivity contribution in [3.63, 3.8) is 0 Å². The number of hydrogen-bond acceptors (Lipinski definition) is 2. The highest BCUT2D eigenvalue weighted by molar-refractivity contribution is 5.86. The second kappa shape index (κ2) is 7.28. The molecule has 0 saturated heterocycles. The minimum Gasteiger partial charge on any atom is -0.338 e. The van der Waals surface area contributed by atoms with Crippen LogP contribution in [0, 0.1) is 5.92 Å². The minimum absolute atomic E-state index is 0.203. The molecule has 0 aromatic rings. The molecule has 1 aliphatic carbocycles. The van der Waals surface area contributed by atoms with Gasteiger partial charge in [0.2, 0.25) is 5.91 Å². The number of hydrogen-bond donors (Lipinski definition) is 1. The summed E-state index contributed by atoms with van der Waals surface area (Å²) in [5.41, 5.74) is 5.85. The molecule has 1 saturated carbocycles. The molecule has 1 fully saturated rings. The molecule has 0 bridgehead atoms. The lowest BCUT2D eigenvalue weighted by Crippen LogP contribution is -2.59. The summed E-state index contributed by atoms with van der Waals surface area (Å²) < 4.78 is 0. The van der Waals surface area contributed by atoms with Crippen LogP contribution in [0.5, 0.6) is 0 Å². The van der Waals surface area contributed by atoms with Crippen molar-refractivity contribution in [3.05, 3.63) is 0 Å². The highest BCUT2D eigenvalue weighted by Gasteiger charge is 2.39. The van der Waals surface area contributed by atoms with E-state index in [2.05, 4.69) is 32.6 Å². The predicted molar refractivity (Wildman–Crippen MR) is 80.9 cm³/mol. The van der Waals surface area contributed by atoms with E-state index in [0.29, 0.717) is 12.0 Å². The molecule has 0 aliphatic heterocycles. The fourth-order valence-electron chi connectivity index (χ4n) is 3.20. The van der Waals surface area contributed by atoms with E-state index in [1.807, 2.05) is 0 Å². The Bertz CT molecular complexity index is 278. The van der Waals surface area contributed by atoms with Gasteiger partial charge in [0, 0.05) is 12.6 Å². The first-order valence-corrected chi connectivity index (χ1v) is 8.04. The van der Waals surface area contributed by atoms with Gasteiger partial charge >= 0.3 is 0 Å². The van der Waals surface area contributed by atoms with E-state index in [1.54, 1.807) is 0 Å². The molecule has 1 aliphatic rings. The lowest BCUT2D eigenvalue weighted by Gasteiger charge is -2.41. The molecule has 19 heavy (non-hydrogen) atoms. The van der Waals surface area contributed by atoms with Crippen LogP contribution in [-0.2, 0) is 4.79 Å². The smallest absolute Gasteiger partial charge is 0.242 e. The number of carbonyl (C=O) groups excluding carboxylic acids is 1. The highest BCUT2D eigenvalue weighted by atomic mass is 16.2. The quantitative estimate of drug-likeness (QED) is 0.803. The Hall–Kier alpha value is -0.570. The molecule has 3 nitrogen and oxygen atoms in total. The summed E-state index contributed by atoms with van der Waals surface area (Å²) >= 11 is 0. The van der Waals surface area contributed by atoms with E-state index >= 15 is 0 Å². The summed E-state index contributed by atoms with van der Waals surface area (Å²) in [4.78, 5) is 15.0. The van der Waals surface area contributed by atoms with Gasteiger partial charge in [0.05, 0.1) is 5.54 Å². The third-order valence-corrected chi connectivity index (χ3v) is 4.38. The summed E-state index contributed by atoms with van der Waals surface area (Å²) in [5.74, 6) is 0.700. The van der Waals surface area contributed by atoms with Crippen LogP contribution in [0.4, 0.5) is 0 Å². The Morgan fingerprint density at radius 2 is 1.68 bits per heavy atom. The number of nitrogens with two attached hydrogens (primary N) is 1. The molecule has 0 atom stereocenters. The molecule has 0 radical (unpaired) electrons. The molecular weight excluding hydrogens is 236 g/mol. The normalized spacial score (nSPS) is 18.9. The number of amides is 1. The van der Waals surface area contributed by atoms with Crippen LogP contribution in [0.25, 0.3) is 0 Å². The van der Waals surface area contributed by atoms with Crippen molar-refractivity contribution in [2.45, 2.75) is 84.2 Å². The van der Waals surface area contributed by atoms with Gasteiger partial charge in [-0.25, -0.2) is 0 Å². The first-order valence-electron chi connectivity index (χ1n) is 8.04. The van der Waals surface area contributed by atoms with E-state index in [1.165, 1.54) is 6.42 Å². The molecule has 3 heteroatoms. The third-order valence-electron chi connectivity index (χ3n) is 4.38. The average molecular weight is 268 g/mol. The van der Waals surface area contributed by atoms with Gasteiger partial charge in [0.1, 0.15) is 0 Å². The Kier molecular flexibility index (Phi) is 6.31. The molecule has 2 N–H and O–H groups in total. The third kappa shape index (κ3) is 4.20. The van der Waals surface area contributed by atoms with Crippen LogP contribution in [0.3, 0.4) is 0 Å². The predicted octanol–water partition coefficient (Wildman–Crippen LogP) is 3.32. The standard InChI is InChI=1S/C16H32N2O/c1-5-14(6-2)18(12-13(3)4)15(19)16(17)10-8-7-9-11-16/h13-14H,5-12,17H2,1-4H3. The molecule has 1 amide bonds. The molecule has 0 unspecified atom stereocenters. The van der Waals surface area contributed by atoms with Crippen LogP contribution < -0.4 is 5.73 Å². The van der Waals surface area contributed by atoms with Crippen LogP contribution >= 0.6 is 0 Å². The van der Waals surface area contributed by atoms with E-state index in [4.69, 9.17) is 5.73 Å². The Morgan fingerprint density at radius 1 is 1.16 bits per heavy atom. The first-order chi connectivity index (χ1) is 8.94. The molecule has 1 rings (SSSR count). The van der Waals surface area contributed by atoms with E-state index in [-0.39, 0.29) is 5.91 Å². The number of nitrogens with zero attached hydrogens (tertiary/aromatic N) is 1. The summed E-state index contributed by atoms with van der Waals surface area (Å²) in [6.45, 7) is 9.52. The monoisotopic (exact) mass is 268 g/mol. The maximum Gasteiger partial charge on any atom is 0.242 e. The Balaban J connectivity index is 2.85. The fraction of sp³-hybridized carbons (Fsp3) is 0.938. The second-order valence-corrected chi connectivity index (χ2v) is 6.54. The van der Waals surface area contributed by atoms with Crippen molar-refractivity contribution in [3.8, 4) is 0 Å². The van der Waals surface area contributed by atoms with Crippen LogP contribution in [0.1, 0.15) is 72.6 Å². The van der Waals surface area contributed by atoms with Crippen molar-refractivity contribution in [1.82, 2.24) is 4.90 Å². The summed E-state index contributed by atoms with van der Waals surface area (Å²) in [7, 11) is 0. The van der Waals surface area contributed by atoms with Crippen LogP contribution in [0.15, 0.2) is 0 Å². The Morgan fingerprint density at radius 3 is 2.11 bits per heavy atom. The van der Waals surface area contributed by atoms with E-state index in [0.717, 1.165) is 45.1 Å². The first kappa shape index (κ1) is 16.5. The summed E-state index contributed by atoms with van der Waals surface area (Å²) in [6.07, 6.45) is 7.18. The van der Waals surface area contributed by atoms with Crippen molar-refractivity contribution < 1.29 is 4.79 Å². The SMILES string of the molecule is CCC(CC)N(CC(C)C)C(=O)C1(N)CCCCC1. The maximum absolute atomic E-state index is 12.9. The number of carbonyl (C=O) groups is 1. The van der Waals surface area contributed by atoms with Gasteiger partial charge < -0.3 is 10.6 Å². The lowest BCUT2D eigenvalue weighted by atomic mass is 9.81. The second-order valence-electron chi connectivity index (χ2n) is 6.54. The molecule has 112 valence electrons. The van der Waals surface area contributed by atoms with Gasteiger partial charge in [0.15, 0.2) is 0 Å². The average Bonchev–Trinajstić information content (AvgIpc) is 2.38. The Labute approximate surface area is 118 Å². The topological polar surface area (TPSA) is 46.3 Å². The fourth-order valence-corrected chi connectivity index (χ4v) is 3.20. The number of rotatable bonds is 6. The van der Waals surface area contributed by atoms with Crippen molar-refractivity contribution in [2.75, 3.05) is 6.54 Å². The van der Waals surface area contributed by atoms with Gasteiger partial charge in [-0.05, 0) is 31.6 Å². The molecule has 0 aromatic heterocycles. The van der Waals surface area contributed by atoms with Gasteiger partial charge in [-0.2, -0.15) is 0 Å². The van der Waals surface area contributed by atoms with Crippen molar-refractivity contribution in [2.24, 2.45) is 11.7 Å². The molecule has 0 heterocycles. The zero-order chi connectivity index (χ0) is 14.5. The zero-order valence-corrected chi connectivity index (χ0v) is 13.2. The van der Waals surface area contributed by atoms with Gasteiger partial charge in [0.25, 0.3) is 0 Å². The zero-order valence-electron chi connectivity index (χ0n) is 13.2. The molecule has 0 aromatic carbocycles. The minimum atomic E-state index is -0.588. The van der Waals surface area contributed by atoms with E-state index in [9.17, 15) is 4.79 Å².